The molecule has 1 fully saturated rings. The van der Waals surface area contributed by atoms with Crippen LogP contribution in [0.5, 0.6) is 0 Å². The number of hydrogen-bond acceptors (Lipinski definition) is 8. The predicted molar refractivity (Wildman–Crippen MR) is 106 cm³/mol. The Kier molecular flexibility index (Phi) is 6.65. The number of rotatable bonds is 5. The highest BCUT2D eigenvalue weighted by Gasteiger charge is 2.35. The lowest BCUT2D eigenvalue weighted by Gasteiger charge is -2.31. The molecule has 30 heavy (non-hydrogen) atoms. The van der Waals surface area contributed by atoms with Crippen molar-refractivity contribution in [2.75, 3.05) is 27.3 Å². The van der Waals surface area contributed by atoms with Gasteiger partial charge in [0.25, 0.3) is 0 Å². The van der Waals surface area contributed by atoms with Crippen molar-refractivity contribution in [1.82, 2.24) is 19.3 Å². The molecule has 162 valence electrons. The molecule has 1 aliphatic heterocycles. The van der Waals surface area contributed by atoms with Gasteiger partial charge in [-0.25, -0.2) is 22.7 Å². The molecule has 0 atom stereocenters. The number of benzene rings is 1. The average molecular weight is 477 g/mol. The first kappa shape index (κ1) is 22.5. The number of sulfonamides is 1. The van der Waals surface area contributed by atoms with Crippen LogP contribution in [-0.4, -0.2) is 67.0 Å². The van der Waals surface area contributed by atoms with Crippen LogP contribution in [-0.2, 0) is 19.5 Å². The third kappa shape index (κ3) is 4.15. The summed E-state index contributed by atoms with van der Waals surface area (Å²) in [4.78, 5) is 24.1. The van der Waals surface area contributed by atoms with Gasteiger partial charge < -0.3 is 9.47 Å². The lowest BCUT2D eigenvalue weighted by atomic mass is 10.1. The molecule has 2 heterocycles. The van der Waals surface area contributed by atoms with Crippen molar-refractivity contribution < 1.29 is 27.5 Å². The van der Waals surface area contributed by atoms with Gasteiger partial charge in [0, 0.05) is 13.1 Å². The van der Waals surface area contributed by atoms with E-state index in [9.17, 15) is 18.0 Å². The second-order valence-corrected chi connectivity index (χ2v) is 9.18. The largest absolute Gasteiger partial charge is 0.464 e. The SMILES string of the molecule is COC(=O)c1nnn(C2CCN(S(=O)(=O)c3ccc(Cl)c(Cl)c3)CC2)c1C(=O)OC. The maximum Gasteiger partial charge on any atom is 0.361 e. The fourth-order valence-corrected chi connectivity index (χ4v) is 5.04. The Bertz CT molecular complexity index is 1080. The average Bonchev–Trinajstić information content (AvgIpc) is 3.19. The maximum atomic E-state index is 12.9. The number of carbonyl (C=O) groups is 2. The molecular weight excluding hydrogens is 459 g/mol. The summed E-state index contributed by atoms with van der Waals surface area (Å²) in [6, 6.07) is 3.77. The van der Waals surface area contributed by atoms with Gasteiger partial charge >= 0.3 is 11.9 Å². The third-order valence-corrected chi connectivity index (χ3v) is 7.38. The van der Waals surface area contributed by atoms with Crippen LogP contribution in [0.3, 0.4) is 0 Å². The predicted octanol–water partition coefficient (Wildman–Crippen LogP) is 2.18. The number of nitrogens with zero attached hydrogens (tertiary/aromatic N) is 4. The molecule has 13 heteroatoms. The van der Waals surface area contributed by atoms with Crippen LogP contribution in [0.25, 0.3) is 0 Å². The standard InChI is InChI=1S/C17H18Cl2N4O6S/c1-28-16(24)14-15(17(25)29-2)23(21-20-14)10-5-7-22(8-6-10)30(26,27)11-3-4-12(18)13(19)9-11/h3-4,9-10H,5-8H2,1-2H3. The minimum absolute atomic E-state index is 0.0410. The first-order chi connectivity index (χ1) is 14.2. The lowest BCUT2D eigenvalue weighted by molar-refractivity contribution is 0.0539. The normalized spacial score (nSPS) is 15.7. The number of hydrogen-bond donors (Lipinski definition) is 0. The number of carbonyl (C=O) groups excluding carboxylic acids is 2. The number of halogens is 2. The summed E-state index contributed by atoms with van der Waals surface area (Å²) in [5.74, 6) is -1.60. The molecule has 0 amide bonds. The number of aromatic nitrogens is 3. The van der Waals surface area contributed by atoms with Gasteiger partial charge in [0.1, 0.15) is 0 Å². The van der Waals surface area contributed by atoms with Gasteiger partial charge in [-0.15, -0.1) is 5.10 Å². The molecular formula is C17H18Cl2N4O6S. The van der Waals surface area contributed by atoms with Gasteiger partial charge in [0.2, 0.25) is 15.7 Å². The molecule has 0 saturated carbocycles. The van der Waals surface area contributed by atoms with Crippen LogP contribution in [0, 0.1) is 0 Å². The number of piperidine rings is 1. The first-order valence-electron chi connectivity index (χ1n) is 8.77. The van der Waals surface area contributed by atoms with E-state index >= 15 is 0 Å². The highest BCUT2D eigenvalue weighted by atomic mass is 35.5. The second kappa shape index (κ2) is 8.88. The van der Waals surface area contributed by atoms with E-state index in [-0.39, 0.29) is 45.5 Å². The van der Waals surface area contributed by atoms with E-state index in [1.165, 1.54) is 34.3 Å². The second-order valence-electron chi connectivity index (χ2n) is 6.43. The van der Waals surface area contributed by atoms with Gasteiger partial charge in [0.15, 0.2) is 5.69 Å². The summed E-state index contributed by atoms with van der Waals surface area (Å²) >= 11 is 11.8. The Morgan fingerprint density at radius 1 is 1.07 bits per heavy atom. The molecule has 0 bridgehead atoms. The monoisotopic (exact) mass is 476 g/mol. The highest BCUT2D eigenvalue weighted by Crippen LogP contribution is 2.30. The molecule has 10 nitrogen and oxygen atoms in total. The third-order valence-electron chi connectivity index (χ3n) is 4.75. The van der Waals surface area contributed by atoms with Crippen LogP contribution < -0.4 is 0 Å². The Hall–Kier alpha value is -2.21. The quantitative estimate of drug-likeness (QED) is 0.601. The Morgan fingerprint density at radius 2 is 1.70 bits per heavy atom. The fraction of sp³-hybridized carbons (Fsp3) is 0.412. The number of esters is 2. The number of ether oxygens (including phenoxy) is 2. The summed E-state index contributed by atoms with van der Waals surface area (Å²) < 4.78 is 37.8. The molecule has 2 aromatic rings. The molecule has 0 radical (unpaired) electrons. The van der Waals surface area contributed by atoms with Crippen molar-refractivity contribution >= 4 is 45.2 Å². The van der Waals surface area contributed by atoms with Gasteiger partial charge in [-0.05, 0) is 31.0 Å². The van der Waals surface area contributed by atoms with Crippen LogP contribution in [0.2, 0.25) is 10.0 Å². The molecule has 3 rings (SSSR count). The van der Waals surface area contributed by atoms with Crippen LogP contribution in [0.15, 0.2) is 23.1 Å². The van der Waals surface area contributed by atoms with Crippen LogP contribution in [0.4, 0.5) is 0 Å². The summed E-state index contributed by atoms with van der Waals surface area (Å²) in [5.41, 5.74) is -0.384. The van der Waals surface area contributed by atoms with Crippen molar-refractivity contribution in [3.63, 3.8) is 0 Å². The van der Waals surface area contributed by atoms with Crippen molar-refractivity contribution in [1.29, 1.82) is 0 Å². The Labute approximate surface area is 182 Å². The fourth-order valence-electron chi connectivity index (χ4n) is 3.18. The topological polar surface area (TPSA) is 121 Å². The highest BCUT2D eigenvalue weighted by molar-refractivity contribution is 7.89. The molecule has 1 saturated heterocycles. The summed E-state index contributed by atoms with van der Waals surface area (Å²) in [6.07, 6.45) is 0.684. The van der Waals surface area contributed by atoms with Gasteiger partial charge in [0.05, 0.1) is 35.2 Å². The Balaban J connectivity index is 1.82. The molecule has 1 aliphatic rings. The summed E-state index contributed by atoms with van der Waals surface area (Å²) in [6.45, 7) is 0.336. The molecule has 0 spiro atoms. The van der Waals surface area contributed by atoms with E-state index in [0.29, 0.717) is 12.8 Å². The molecule has 0 unspecified atom stereocenters. The first-order valence-corrected chi connectivity index (χ1v) is 11.0. The van der Waals surface area contributed by atoms with Crippen LogP contribution >= 0.6 is 23.2 Å². The zero-order chi connectivity index (χ0) is 22.1. The van der Waals surface area contributed by atoms with Crippen LogP contribution in [0.1, 0.15) is 39.9 Å². The van der Waals surface area contributed by atoms with E-state index < -0.39 is 22.0 Å². The van der Waals surface area contributed by atoms with Gasteiger partial charge in [-0.1, -0.05) is 28.4 Å². The summed E-state index contributed by atoms with van der Waals surface area (Å²) in [5, 5.41) is 8.06. The van der Waals surface area contributed by atoms with Gasteiger partial charge in [-0.2, -0.15) is 4.31 Å². The maximum absolute atomic E-state index is 12.9. The molecule has 0 aliphatic carbocycles. The smallest absolute Gasteiger partial charge is 0.361 e. The minimum atomic E-state index is -3.77. The van der Waals surface area contributed by atoms with E-state index in [1.807, 2.05) is 0 Å². The van der Waals surface area contributed by atoms with E-state index in [1.54, 1.807) is 0 Å². The van der Waals surface area contributed by atoms with Crippen molar-refractivity contribution in [3.05, 3.63) is 39.6 Å². The van der Waals surface area contributed by atoms with Crippen molar-refractivity contribution in [3.8, 4) is 0 Å². The van der Waals surface area contributed by atoms with E-state index in [0.717, 1.165) is 7.11 Å². The van der Waals surface area contributed by atoms with E-state index in [4.69, 9.17) is 27.9 Å². The molecule has 0 N–H and O–H groups in total. The van der Waals surface area contributed by atoms with Crippen molar-refractivity contribution in [2.24, 2.45) is 0 Å². The Morgan fingerprint density at radius 3 is 2.27 bits per heavy atom. The lowest BCUT2D eigenvalue weighted by Crippen LogP contribution is -2.39. The molecule has 1 aromatic heterocycles. The molecule has 1 aromatic carbocycles. The minimum Gasteiger partial charge on any atom is -0.464 e. The summed E-state index contributed by atoms with van der Waals surface area (Å²) in [7, 11) is -1.44. The zero-order valence-corrected chi connectivity index (χ0v) is 18.4. The number of methoxy groups -OCH3 is 2. The zero-order valence-electron chi connectivity index (χ0n) is 16.0. The van der Waals surface area contributed by atoms with Gasteiger partial charge in [-0.3, -0.25) is 0 Å². The van der Waals surface area contributed by atoms with Crippen molar-refractivity contribution in [2.45, 2.75) is 23.8 Å². The van der Waals surface area contributed by atoms with E-state index in [2.05, 4.69) is 15.0 Å².